The van der Waals surface area contributed by atoms with Crippen LogP contribution in [0.5, 0.6) is 0 Å². The van der Waals surface area contributed by atoms with Crippen molar-refractivity contribution in [1.29, 1.82) is 0 Å². The Kier molecular flexibility index (Phi) is 3.36. The van der Waals surface area contributed by atoms with Gasteiger partial charge in [0.05, 0.1) is 19.1 Å². The predicted molar refractivity (Wildman–Crippen MR) is 72.4 cm³/mol. The third-order valence-electron chi connectivity index (χ3n) is 3.68. The maximum atomic E-state index is 11.4. The summed E-state index contributed by atoms with van der Waals surface area (Å²) in [6.45, 7) is 3.32. The molecule has 0 aliphatic carbocycles. The second-order valence-electron chi connectivity index (χ2n) is 4.74. The number of H-pyrrole nitrogens is 1. The average molecular weight is 259 g/mol. The van der Waals surface area contributed by atoms with E-state index in [9.17, 15) is 4.79 Å². The van der Waals surface area contributed by atoms with Crippen molar-refractivity contribution in [3.63, 3.8) is 0 Å². The highest BCUT2D eigenvalue weighted by atomic mass is 16.7. The lowest BCUT2D eigenvalue weighted by Crippen LogP contribution is -2.20. The van der Waals surface area contributed by atoms with E-state index >= 15 is 0 Å². The van der Waals surface area contributed by atoms with E-state index < -0.39 is 0 Å². The lowest BCUT2D eigenvalue weighted by atomic mass is 9.97. The summed E-state index contributed by atoms with van der Waals surface area (Å²) in [4.78, 5) is 14.8. The number of fused-ring (bicyclic) bond motifs is 1. The van der Waals surface area contributed by atoms with Crippen molar-refractivity contribution < 1.29 is 14.3 Å². The minimum absolute atomic E-state index is 0.0649. The minimum atomic E-state index is -0.253. The Labute approximate surface area is 111 Å². The number of carbonyl (C=O) groups is 1. The quantitative estimate of drug-likeness (QED) is 0.859. The highest BCUT2D eigenvalue weighted by Gasteiger charge is 2.30. The number of para-hydroxylation sites is 1. The van der Waals surface area contributed by atoms with Crippen molar-refractivity contribution >= 4 is 17.2 Å². The molecule has 4 nitrogen and oxygen atoms in total. The summed E-state index contributed by atoms with van der Waals surface area (Å²) < 4.78 is 11.2. The monoisotopic (exact) mass is 259 g/mol. The fraction of sp³-hybridized carbons (Fsp3) is 0.400. The molecule has 1 N–H and O–H groups in total. The third-order valence-corrected chi connectivity index (χ3v) is 3.68. The van der Waals surface area contributed by atoms with Gasteiger partial charge in [-0.25, -0.2) is 0 Å². The molecule has 2 aromatic rings. The number of hydrogen-bond donors (Lipinski definition) is 1. The number of rotatable bonds is 4. The van der Waals surface area contributed by atoms with Crippen molar-refractivity contribution in [2.75, 3.05) is 13.2 Å². The molecule has 1 atom stereocenters. The fourth-order valence-corrected chi connectivity index (χ4v) is 2.75. The van der Waals surface area contributed by atoms with E-state index in [1.54, 1.807) is 0 Å². The summed E-state index contributed by atoms with van der Waals surface area (Å²) >= 11 is 0. The zero-order chi connectivity index (χ0) is 13.2. The number of benzene rings is 1. The van der Waals surface area contributed by atoms with Gasteiger partial charge in [-0.15, -0.1) is 0 Å². The number of carbonyl (C=O) groups excluding carboxylic acids is 1. The Morgan fingerprint density at radius 1 is 1.37 bits per heavy atom. The number of nitrogens with one attached hydrogen (secondary N) is 1. The normalized spacial score (nSPS) is 17.9. The number of hydrogen-bond acceptors (Lipinski definition) is 3. The molecule has 0 spiro atoms. The molecule has 1 aromatic heterocycles. The van der Waals surface area contributed by atoms with Crippen molar-refractivity contribution in [2.45, 2.75) is 25.6 Å². The first-order chi connectivity index (χ1) is 9.35. The first-order valence-corrected chi connectivity index (χ1v) is 6.64. The molecule has 19 heavy (non-hydrogen) atoms. The van der Waals surface area contributed by atoms with E-state index in [-0.39, 0.29) is 12.2 Å². The largest absolute Gasteiger partial charge is 0.357 e. The lowest BCUT2D eigenvalue weighted by molar-refractivity contribution is -0.0625. The molecule has 1 aromatic carbocycles. The van der Waals surface area contributed by atoms with Crippen molar-refractivity contribution in [1.82, 2.24) is 4.98 Å². The van der Waals surface area contributed by atoms with Gasteiger partial charge in [-0.2, -0.15) is 0 Å². The van der Waals surface area contributed by atoms with Crippen LogP contribution in [0.4, 0.5) is 0 Å². The molecule has 1 aliphatic rings. The maximum Gasteiger partial charge on any atom is 0.166 e. The number of aromatic nitrogens is 1. The number of ether oxygens (including phenoxy) is 2. The van der Waals surface area contributed by atoms with Gasteiger partial charge in [0.1, 0.15) is 0 Å². The Hall–Kier alpha value is -1.65. The maximum absolute atomic E-state index is 11.4. The van der Waals surface area contributed by atoms with E-state index in [2.05, 4.69) is 11.9 Å². The smallest absolute Gasteiger partial charge is 0.166 e. The van der Waals surface area contributed by atoms with Crippen LogP contribution < -0.4 is 0 Å². The zero-order valence-electron chi connectivity index (χ0n) is 10.9. The van der Waals surface area contributed by atoms with E-state index in [1.165, 1.54) is 0 Å². The first-order valence-electron chi connectivity index (χ1n) is 6.64. The molecule has 4 heteroatoms. The third kappa shape index (κ3) is 2.07. The topological polar surface area (TPSA) is 51.3 Å². The molecule has 0 radical (unpaired) electrons. The van der Waals surface area contributed by atoms with Gasteiger partial charge in [0, 0.05) is 22.2 Å². The average Bonchev–Trinajstić information content (AvgIpc) is 3.07. The van der Waals surface area contributed by atoms with E-state index in [4.69, 9.17) is 9.47 Å². The van der Waals surface area contributed by atoms with Crippen molar-refractivity contribution in [3.05, 3.63) is 35.5 Å². The summed E-state index contributed by atoms with van der Waals surface area (Å²) in [5, 5.41) is 0.962. The highest BCUT2D eigenvalue weighted by molar-refractivity contribution is 5.99. The van der Waals surface area contributed by atoms with Crippen LogP contribution in [0, 0.1) is 0 Å². The summed E-state index contributed by atoms with van der Waals surface area (Å²) in [7, 11) is 0. The lowest BCUT2D eigenvalue weighted by Gasteiger charge is -2.20. The van der Waals surface area contributed by atoms with Gasteiger partial charge in [-0.1, -0.05) is 25.1 Å². The second kappa shape index (κ2) is 5.15. The second-order valence-corrected chi connectivity index (χ2v) is 4.74. The SMILES string of the molecule is CCC(c1[nH]c2ccccc2c1C=O)C1OCCO1. The Morgan fingerprint density at radius 2 is 2.11 bits per heavy atom. The van der Waals surface area contributed by atoms with Gasteiger partial charge in [0.25, 0.3) is 0 Å². The van der Waals surface area contributed by atoms with Crippen LogP contribution in [0.25, 0.3) is 10.9 Å². The summed E-state index contributed by atoms with van der Waals surface area (Å²) in [5.41, 5.74) is 2.63. The van der Waals surface area contributed by atoms with Crippen LogP contribution in [0.1, 0.15) is 35.3 Å². The Morgan fingerprint density at radius 3 is 2.79 bits per heavy atom. The van der Waals surface area contributed by atoms with Crippen LogP contribution in [0.3, 0.4) is 0 Å². The van der Waals surface area contributed by atoms with Crippen LogP contribution in [-0.2, 0) is 9.47 Å². The van der Waals surface area contributed by atoms with Gasteiger partial charge < -0.3 is 14.5 Å². The molecule has 1 saturated heterocycles. The van der Waals surface area contributed by atoms with Gasteiger partial charge in [-0.3, -0.25) is 4.79 Å². The molecule has 2 heterocycles. The molecule has 1 unspecified atom stereocenters. The van der Waals surface area contributed by atoms with Crippen LogP contribution in [-0.4, -0.2) is 30.8 Å². The first kappa shape index (κ1) is 12.4. The van der Waals surface area contributed by atoms with Gasteiger partial charge >= 0.3 is 0 Å². The summed E-state index contributed by atoms with van der Waals surface area (Å²) in [5.74, 6) is 0.0649. The predicted octanol–water partition coefficient (Wildman–Crippen LogP) is 2.85. The molecule has 1 fully saturated rings. The van der Waals surface area contributed by atoms with E-state index in [0.717, 1.165) is 34.9 Å². The van der Waals surface area contributed by atoms with Crippen LogP contribution in [0.15, 0.2) is 24.3 Å². The van der Waals surface area contributed by atoms with Crippen molar-refractivity contribution in [2.24, 2.45) is 0 Å². The molecule has 100 valence electrons. The molecule has 3 rings (SSSR count). The van der Waals surface area contributed by atoms with Crippen LogP contribution >= 0.6 is 0 Å². The van der Waals surface area contributed by atoms with E-state index in [0.29, 0.717) is 13.2 Å². The van der Waals surface area contributed by atoms with Crippen LogP contribution in [0.2, 0.25) is 0 Å². The van der Waals surface area contributed by atoms with Gasteiger partial charge in [0.2, 0.25) is 0 Å². The molecular weight excluding hydrogens is 242 g/mol. The van der Waals surface area contributed by atoms with Crippen molar-refractivity contribution in [3.8, 4) is 0 Å². The molecule has 0 saturated carbocycles. The highest BCUT2D eigenvalue weighted by Crippen LogP contribution is 2.33. The molecular formula is C15H17NO3. The summed E-state index contributed by atoms with van der Waals surface area (Å²) in [6, 6.07) is 7.84. The molecule has 0 amide bonds. The van der Waals surface area contributed by atoms with E-state index in [1.807, 2.05) is 24.3 Å². The zero-order valence-corrected chi connectivity index (χ0v) is 10.9. The number of aldehydes is 1. The summed E-state index contributed by atoms with van der Waals surface area (Å²) in [6.07, 6.45) is 1.53. The molecule has 1 aliphatic heterocycles. The standard InChI is InChI=1S/C15H17NO3/c1-2-10(15-18-7-8-19-15)14-12(9-17)11-5-3-4-6-13(11)16-14/h3-6,9-10,15-16H,2,7-8H2,1H3. The minimum Gasteiger partial charge on any atom is -0.357 e. The molecule has 0 bridgehead atoms. The number of aromatic amines is 1. The Balaban J connectivity index is 2.09. The van der Waals surface area contributed by atoms with Gasteiger partial charge in [0.15, 0.2) is 12.6 Å². The fourth-order valence-electron chi connectivity index (χ4n) is 2.75. The van der Waals surface area contributed by atoms with Gasteiger partial charge in [-0.05, 0) is 12.5 Å². The Bertz CT molecular complexity index is 584.